The molecular formula is C64H53N. The first-order valence-electron chi connectivity index (χ1n) is 22.8. The van der Waals surface area contributed by atoms with Gasteiger partial charge in [0.25, 0.3) is 0 Å². The predicted molar refractivity (Wildman–Crippen MR) is 279 cm³/mol. The van der Waals surface area contributed by atoms with Gasteiger partial charge in [0, 0.05) is 22.5 Å². The van der Waals surface area contributed by atoms with E-state index < -0.39 is 0 Å². The molecule has 10 aromatic carbocycles. The number of anilines is 3. The molecule has 1 aliphatic rings. The number of hydrogen-bond donors (Lipinski definition) is 0. The van der Waals surface area contributed by atoms with E-state index in [4.69, 9.17) is 0 Å². The topological polar surface area (TPSA) is 3.24 Å². The molecule has 314 valence electrons. The van der Waals surface area contributed by atoms with E-state index in [9.17, 15) is 0 Å². The standard InChI is InChI=1S/C57H45N.C7H8/c1-38-14-8-9-17-48(38)53-37-54(50-19-11-10-18-49(50)39(53)2)43-26-33-47(34-27-43)58(45-29-22-41(23-30-45)40-15-6-5-7-16-40)46-31-24-42(25-32-46)44-28-35-52-51-20-12-13-21-55(51)57(3,4)56(52)36-44;1-7-5-3-2-4-6-7/h5-37H,1-4H3;2-6H,1H3. The first-order valence-corrected chi connectivity index (χ1v) is 22.8. The highest BCUT2D eigenvalue weighted by Crippen LogP contribution is 2.50. The summed E-state index contributed by atoms with van der Waals surface area (Å²) in [6.07, 6.45) is 0. The van der Waals surface area contributed by atoms with Crippen molar-refractivity contribution < 1.29 is 0 Å². The van der Waals surface area contributed by atoms with Crippen molar-refractivity contribution in [2.45, 2.75) is 40.0 Å². The fourth-order valence-corrected chi connectivity index (χ4v) is 9.81. The third-order valence-electron chi connectivity index (χ3n) is 13.4. The lowest BCUT2D eigenvalue weighted by atomic mass is 9.81. The van der Waals surface area contributed by atoms with E-state index in [0.29, 0.717) is 0 Å². The molecule has 0 radical (unpaired) electrons. The molecule has 10 aromatic rings. The highest BCUT2D eigenvalue weighted by atomic mass is 15.1. The molecule has 0 atom stereocenters. The minimum Gasteiger partial charge on any atom is -0.311 e. The second-order valence-corrected chi connectivity index (χ2v) is 17.9. The van der Waals surface area contributed by atoms with Gasteiger partial charge in [-0.1, -0.05) is 201 Å². The Morgan fingerprint density at radius 2 is 0.769 bits per heavy atom. The van der Waals surface area contributed by atoms with Crippen molar-refractivity contribution in [2.24, 2.45) is 0 Å². The fourth-order valence-electron chi connectivity index (χ4n) is 9.81. The van der Waals surface area contributed by atoms with Crippen LogP contribution in [0.1, 0.15) is 41.7 Å². The summed E-state index contributed by atoms with van der Waals surface area (Å²) in [6.45, 7) is 11.2. The zero-order valence-corrected chi connectivity index (χ0v) is 37.9. The maximum Gasteiger partial charge on any atom is 0.0462 e. The average Bonchev–Trinajstić information content (AvgIpc) is 3.58. The number of nitrogens with zero attached hydrogens (tertiary/aromatic N) is 1. The molecule has 11 rings (SSSR count). The van der Waals surface area contributed by atoms with E-state index in [-0.39, 0.29) is 5.41 Å². The summed E-state index contributed by atoms with van der Waals surface area (Å²) in [5.74, 6) is 0. The van der Waals surface area contributed by atoms with Gasteiger partial charge in [0.2, 0.25) is 0 Å². The molecule has 0 fully saturated rings. The normalized spacial score (nSPS) is 12.2. The lowest BCUT2D eigenvalue weighted by Crippen LogP contribution is -2.14. The summed E-state index contributed by atoms with van der Waals surface area (Å²) in [5.41, 5.74) is 22.6. The third-order valence-corrected chi connectivity index (χ3v) is 13.4. The Kier molecular flexibility index (Phi) is 11.1. The molecule has 0 amide bonds. The van der Waals surface area contributed by atoms with Crippen LogP contribution in [-0.4, -0.2) is 0 Å². The SMILES string of the molecule is Cc1ccccc1.Cc1ccccc1-c1cc(-c2ccc(N(c3ccc(-c4ccccc4)cc3)c3ccc(-c4ccc5c(c4)C(C)(C)c4ccccc4-5)cc3)cc2)c2ccccc2c1C. The van der Waals surface area contributed by atoms with Gasteiger partial charge < -0.3 is 4.90 Å². The summed E-state index contributed by atoms with van der Waals surface area (Å²) < 4.78 is 0. The molecule has 65 heavy (non-hydrogen) atoms. The number of hydrogen-bond acceptors (Lipinski definition) is 1. The first kappa shape index (κ1) is 41.3. The van der Waals surface area contributed by atoms with Crippen molar-refractivity contribution in [1.29, 1.82) is 0 Å². The average molecular weight is 836 g/mol. The minimum atomic E-state index is -0.0380. The summed E-state index contributed by atoms with van der Waals surface area (Å²) in [7, 11) is 0. The summed E-state index contributed by atoms with van der Waals surface area (Å²) in [5, 5.41) is 2.56. The number of benzene rings is 10. The smallest absolute Gasteiger partial charge is 0.0462 e. The van der Waals surface area contributed by atoms with Crippen LogP contribution in [0.4, 0.5) is 17.1 Å². The van der Waals surface area contributed by atoms with Crippen molar-refractivity contribution in [3.05, 3.63) is 258 Å². The zero-order valence-electron chi connectivity index (χ0n) is 37.9. The maximum absolute atomic E-state index is 2.41. The Balaban J connectivity index is 0.000000652. The maximum atomic E-state index is 2.41. The highest BCUT2D eigenvalue weighted by molar-refractivity contribution is 6.03. The van der Waals surface area contributed by atoms with Gasteiger partial charge in [0.05, 0.1) is 0 Å². The van der Waals surface area contributed by atoms with Gasteiger partial charge in [0.1, 0.15) is 0 Å². The van der Waals surface area contributed by atoms with Gasteiger partial charge in [-0.2, -0.15) is 0 Å². The molecule has 0 N–H and O–H groups in total. The van der Waals surface area contributed by atoms with Crippen LogP contribution in [0.25, 0.3) is 66.4 Å². The van der Waals surface area contributed by atoms with Gasteiger partial charge >= 0.3 is 0 Å². The van der Waals surface area contributed by atoms with E-state index in [1.165, 1.54) is 94.2 Å². The monoisotopic (exact) mass is 835 g/mol. The van der Waals surface area contributed by atoms with Crippen molar-refractivity contribution in [2.75, 3.05) is 4.90 Å². The molecule has 0 heterocycles. The molecule has 1 aliphatic carbocycles. The van der Waals surface area contributed by atoms with Crippen molar-refractivity contribution in [1.82, 2.24) is 0 Å². The van der Waals surface area contributed by atoms with Crippen LogP contribution in [0.3, 0.4) is 0 Å². The molecule has 0 unspecified atom stereocenters. The third kappa shape index (κ3) is 7.96. The fraction of sp³-hybridized carbons (Fsp3) is 0.0938. The van der Waals surface area contributed by atoms with Crippen LogP contribution >= 0.6 is 0 Å². The van der Waals surface area contributed by atoms with E-state index in [2.05, 4.69) is 252 Å². The van der Waals surface area contributed by atoms with Crippen molar-refractivity contribution in [3.8, 4) is 55.6 Å². The molecule has 0 saturated carbocycles. The van der Waals surface area contributed by atoms with E-state index in [1.54, 1.807) is 0 Å². The first-order chi connectivity index (χ1) is 31.7. The molecule has 1 heteroatoms. The zero-order chi connectivity index (χ0) is 44.5. The molecule has 0 aromatic heterocycles. The molecule has 0 bridgehead atoms. The molecule has 0 saturated heterocycles. The summed E-state index contributed by atoms with van der Waals surface area (Å²) in [4.78, 5) is 2.37. The Morgan fingerprint density at radius 1 is 0.308 bits per heavy atom. The van der Waals surface area contributed by atoms with Gasteiger partial charge in [-0.05, 0) is 158 Å². The predicted octanol–water partition coefficient (Wildman–Crippen LogP) is 17.9. The molecule has 1 nitrogen and oxygen atoms in total. The van der Waals surface area contributed by atoms with Crippen LogP contribution in [0.5, 0.6) is 0 Å². The van der Waals surface area contributed by atoms with E-state index >= 15 is 0 Å². The number of rotatable bonds is 7. The minimum absolute atomic E-state index is 0.0380. The van der Waals surface area contributed by atoms with Crippen LogP contribution in [-0.2, 0) is 5.41 Å². The second-order valence-electron chi connectivity index (χ2n) is 17.9. The Labute approximate surface area is 385 Å². The van der Waals surface area contributed by atoms with Crippen LogP contribution in [0.15, 0.2) is 231 Å². The van der Waals surface area contributed by atoms with Crippen LogP contribution in [0, 0.1) is 20.8 Å². The van der Waals surface area contributed by atoms with Crippen molar-refractivity contribution in [3.63, 3.8) is 0 Å². The Hall–Kier alpha value is -7.74. The summed E-state index contributed by atoms with van der Waals surface area (Å²) >= 11 is 0. The lowest BCUT2D eigenvalue weighted by molar-refractivity contribution is 0.660. The highest BCUT2D eigenvalue weighted by Gasteiger charge is 2.35. The van der Waals surface area contributed by atoms with Crippen LogP contribution < -0.4 is 4.90 Å². The number of fused-ring (bicyclic) bond motifs is 4. The molecule has 0 aliphatic heterocycles. The van der Waals surface area contributed by atoms with Gasteiger partial charge in [0.15, 0.2) is 0 Å². The second kappa shape index (κ2) is 17.4. The largest absolute Gasteiger partial charge is 0.311 e. The number of aryl methyl sites for hydroxylation is 3. The van der Waals surface area contributed by atoms with E-state index in [1.807, 2.05) is 18.2 Å². The van der Waals surface area contributed by atoms with Crippen LogP contribution in [0.2, 0.25) is 0 Å². The quantitative estimate of drug-likeness (QED) is 0.155. The summed E-state index contributed by atoms with van der Waals surface area (Å²) in [6, 6.07) is 83.8. The van der Waals surface area contributed by atoms with Gasteiger partial charge in [-0.25, -0.2) is 0 Å². The lowest BCUT2D eigenvalue weighted by Gasteiger charge is -2.26. The molecular weight excluding hydrogens is 783 g/mol. The van der Waals surface area contributed by atoms with Gasteiger partial charge in [-0.15, -0.1) is 0 Å². The Morgan fingerprint density at radius 3 is 1.37 bits per heavy atom. The van der Waals surface area contributed by atoms with E-state index in [0.717, 1.165) is 17.1 Å². The Bertz CT molecular complexity index is 3270. The molecule has 0 spiro atoms. The van der Waals surface area contributed by atoms with Gasteiger partial charge in [-0.3, -0.25) is 0 Å². The van der Waals surface area contributed by atoms with Crippen molar-refractivity contribution >= 4 is 27.8 Å².